The Kier molecular flexibility index (Phi) is 6.44. The summed E-state index contributed by atoms with van der Waals surface area (Å²) in [6.45, 7) is 3.78. The molecule has 8 heteroatoms. The summed E-state index contributed by atoms with van der Waals surface area (Å²) in [7, 11) is 3.14. The molecule has 1 atom stereocenters. The summed E-state index contributed by atoms with van der Waals surface area (Å²) in [5.41, 5.74) is 3.65. The fourth-order valence-electron chi connectivity index (χ4n) is 3.30. The van der Waals surface area contributed by atoms with E-state index in [0.29, 0.717) is 27.9 Å². The second kappa shape index (κ2) is 8.84. The van der Waals surface area contributed by atoms with Gasteiger partial charge in [-0.3, -0.25) is 4.79 Å². The van der Waals surface area contributed by atoms with Crippen LogP contribution in [-0.4, -0.2) is 25.2 Å². The SMILES string of the molecule is COc1cc(Br)cc([C@@H]2NC(=S)NC(C)=C2C(=O)Nc2ccccc2C)c1OC. The number of thiocarbonyl (C=S) groups is 1. The number of ether oxygens (including phenoxy) is 2. The molecule has 0 bridgehead atoms. The van der Waals surface area contributed by atoms with E-state index in [2.05, 4.69) is 31.9 Å². The van der Waals surface area contributed by atoms with Crippen LogP contribution in [0.1, 0.15) is 24.1 Å². The van der Waals surface area contributed by atoms with E-state index in [1.54, 1.807) is 14.2 Å². The molecule has 3 N–H and O–H groups in total. The Morgan fingerprint density at radius 3 is 2.55 bits per heavy atom. The van der Waals surface area contributed by atoms with Crippen molar-refractivity contribution in [3.05, 3.63) is 63.3 Å². The first kappa shape index (κ1) is 21.1. The minimum Gasteiger partial charge on any atom is -0.493 e. The van der Waals surface area contributed by atoms with Gasteiger partial charge in [0, 0.05) is 21.4 Å². The number of hydrogen-bond donors (Lipinski definition) is 3. The molecule has 2 aromatic carbocycles. The summed E-state index contributed by atoms with van der Waals surface area (Å²) in [6.07, 6.45) is 0. The van der Waals surface area contributed by atoms with Gasteiger partial charge in [-0.25, -0.2) is 0 Å². The fourth-order valence-corrected chi connectivity index (χ4v) is 4.03. The van der Waals surface area contributed by atoms with Gasteiger partial charge >= 0.3 is 0 Å². The van der Waals surface area contributed by atoms with Gasteiger partial charge < -0.3 is 25.4 Å². The van der Waals surface area contributed by atoms with Gasteiger partial charge in [0.15, 0.2) is 16.6 Å². The lowest BCUT2D eigenvalue weighted by Gasteiger charge is -2.31. The second-order valence-electron chi connectivity index (χ2n) is 6.57. The summed E-state index contributed by atoms with van der Waals surface area (Å²) in [6, 6.07) is 10.8. The van der Waals surface area contributed by atoms with E-state index in [1.807, 2.05) is 50.2 Å². The summed E-state index contributed by atoms with van der Waals surface area (Å²) < 4.78 is 11.9. The van der Waals surface area contributed by atoms with Gasteiger partial charge in [0.25, 0.3) is 5.91 Å². The third kappa shape index (κ3) is 4.38. The van der Waals surface area contributed by atoms with Crippen LogP contribution in [0.3, 0.4) is 0 Å². The number of nitrogens with one attached hydrogen (secondary N) is 3. The minimum absolute atomic E-state index is 0.231. The third-order valence-electron chi connectivity index (χ3n) is 4.69. The number of aryl methyl sites for hydroxylation is 1. The standard InChI is InChI=1S/C21H22BrN3O3S/c1-11-7-5-6-8-15(11)24-20(26)17-12(2)23-21(29)25-18(17)14-9-13(22)10-16(27-3)19(14)28-4/h5-10,18H,1-4H3,(H,24,26)(H2,23,25,29)/t18-/m0/s1. The number of rotatable bonds is 5. The number of para-hydroxylation sites is 1. The molecule has 6 nitrogen and oxygen atoms in total. The van der Waals surface area contributed by atoms with Gasteiger partial charge in [0.1, 0.15) is 0 Å². The van der Waals surface area contributed by atoms with E-state index in [-0.39, 0.29) is 5.91 Å². The molecule has 29 heavy (non-hydrogen) atoms. The highest BCUT2D eigenvalue weighted by Crippen LogP contribution is 2.41. The number of allylic oxidation sites excluding steroid dienone is 1. The Morgan fingerprint density at radius 1 is 1.17 bits per heavy atom. The van der Waals surface area contributed by atoms with Crippen molar-refractivity contribution in [1.82, 2.24) is 10.6 Å². The van der Waals surface area contributed by atoms with Crippen molar-refractivity contribution >= 4 is 44.9 Å². The van der Waals surface area contributed by atoms with Crippen molar-refractivity contribution in [2.45, 2.75) is 19.9 Å². The predicted molar refractivity (Wildman–Crippen MR) is 121 cm³/mol. The molecule has 0 aliphatic carbocycles. The Balaban J connectivity index is 2.09. The number of amides is 1. The summed E-state index contributed by atoms with van der Waals surface area (Å²) in [4.78, 5) is 13.3. The first-order chi connectivity index (χ1) is 13.8. The zero-order valence-electron chi connectivity index (χ0n) is 16.6. The van der Waals surface area contributed by atoms with E-state index in [9.17, 15) is 4.79 Å². The van der Waals surface area contributed by atoms with Gasteiger partial charge in [0.2, 0.25) is 0 Å². The van der Waals surface area contributed by atoms with Crippen molar-refractivity contribution in [3.8, 4) is 11.5 Å². The van der Waals surface area contributed by atoms with Crippen LogP contribution in [0.25, 0.3) is 0 Å². The molecule has 0 spiro atoms. The van der Waals surface area contributed by atoms with Crippen LogP contribution in [0.15, 0.2) is 52.1 Å². The average molecular weight is 476 g/mol. The van der Waals surface area contributed by atoms with Gasteiger partial charge in [0.05, 0.1) is 25.8 Å². The van der Waals surface area contributed by atoms with E-state index in [1.165, 1.54) is 0 Å². The number of benzene rings is 2. The molecule has 0 saturated carbocycles. The predicted octanol–water partition coefficient (Wildman–Crippen LogP) is 4.21. The molecule has 1 heterocycles. The first-order valence-electron chi connectivity index (χ1n) is 8.92. The quantitative estimate of drug-likeness (QED) is 0.562. The lowest BCUT2D eigenvalue weighted by molar-refractivity contribution is -0.113. The average Bonchev–Trinajstić information content (AvgIpc) is 2.68. The minimum atomic E-state index is -0.519. The fraction of sp³-hybridized carbons (Fsp3) is 0.238. The van der Waals surface area contributed by atoms with Crippen LogP contribution in [0.5, 0.6) is 11.5 Å². The lowest BCUT2D eigenvalue weighted by Crippen LogP contribution is -2.45. The molecular weight excluding hydrogens is 454 g/mol. The number of methoxy groups -OCH3 is 2. The second-order valence-corrected chi connectivity index (χ2v) is 7.89. The largest absolute Gasteiger partial charge is 0.493 e. The number of carbonyl (C=O) groups is 1. The topological polar surface area (TPSA) is 71.6 Å². The van der Waals surface area contributed by atoms with Crippen LogP contribution in [0, 0.1) is 6.92 Å². The summed E-state index contributed by atoms with van der Waals surface area (Å²) in [5.74, 6) is 0.858. The molecule has 0 radical (unpaired) electrons. The van der Waals surface area contributed by atoms with Gasteiger partial charge in [-0.1, -0.05) is 34.1 Å². The van der Waals surface area contributed by atoms with Crippen molar-refractivity contribution in [1.29, 1.82) is 0 Å². The van der Waals surface area contributed by atoms with Crippen molar-refractivity contribution < 1.29 is 14.3 Å². The summed E-state index contributed by atoms with van der Waals surface area (Å²) >= 11 is 8.86. The Bertz CT molecular complexity index is 1010. The van der Waals surface area contributed by atoms with Crippen molar-refractivity contribution in [3.63, 3.8) is 0 Å². The number of anilines is 1. The van der Waals surface area contributed by atoms with Crippen LogP contribution >= 0.6 is 28.1 Å². The molecular formula is C21H22BrN3O3S. The van der Waals surface area contributed by atoms with Crippen molar-refractivity contribution in [2.24, 2.45) is 0 Å². The molecule has 0 fully saturated rings. The zero-order chi connectivity index (χ0) is 21.1. The number of hydrogen-bond acceptors (Lipinski definition) is 4. The van der Waals surface area contributed by atoms with Gasteiger partial charge in [-0.15, -0.1) is 0 Å². The molecule has 0 saturated heterocycles. The molecule has 2 aromatic rings. The van der Waals surface area contributed by atoms with E-state index in [0.717, 1.165) is 21.3 Å². The molecule has 3 rings (SSSR count). The van der Waals surface area contributed by atoms with E-state index < -0.39 is 6.04 Å². The highest BCUT2D eigenvalue weighted by Gasteiger charge is 2.33. The maximum Gasteiger partial charge on any atom is 0.255 e. The Labute approximate surface area is 183 Å². The van der Waals surface area contributed by atoms with Gasteiger partial charge in [-0.2, -0.15) is 0 Å². The molecule has 0 aromatic heterocycles. The molecule has 152 valence electrons. The summed E-state index contributed by atoms with van der Waals surface area (Å²) in [5, 5.41) is 9.67. The Hall–Kier alpha value is -2.58. The van der Waals surface area contributed by atoms with Crippen LogP contribution in [0.2, 0.25) is 0 Å². The van der Waals surface area contributed by atoms with E-state index >= 15 is 0 Å². The maximum absolute atomic E-state index is 13.3. The molecule has 1 aliphatic heterocycles. The maximum atomic E-state index is 13.3. The van der Waals surface area contributed by atoms with Crippen molar-refractivity contribution in [2.75, 3.05) is 19.5 Å². The Morgan fingerprint density at radius 2 is 1.90 bits per heavy atom. The van der Waals surface area contributed by atoms with Crippen LogP contribution in [0.4, 0.5) is 5.69 Å². The monoisotopic (exact) mass is 475 g/mol. The number of halogens is 1. The molecule has 0 unspecified atom stereocenters. The highest BCUT2D eigenvalue weighted by atomic mass is 79.9. The van der Waals surface area contributed by atoms with Crippen LogP contribution < -0.4 is 25.4 Å². The third-order valence-corrected chi connectivity index (χ3v) is 5.37. The first-order valence-corrected chi connectivity index (χ1v) is 10.1. The number of carbonyl (C=O) groups excluding carboxylic acids is 1. The molecule has 1 amide bonds. The lowest BCUT2D eigenvalue weighted by atomic mass is 9.93. The highest BCUT2D eigenvalue weighted by molar-refractivity contribution is 9.10. The van der Waals surface area contributed by atoms with E-state index in [4.69, 9.17) is 21.7 Å². The van der Waals surface area contributed by atoms with Crippen LogP contribution in [-0.2, 0) is 4.79 Å². The smallest absolute Gasteiger partial charge is 0.255 e. The zero-order valence-corrected chi connectivity index (χ0v) is 19.0. The normalized spacial score (nSPS) is 16.0. The van der Waals surface area contributed by atoms with Gasteiger partial charge in [-0.05, 0) is 49.8 Å². The molecule has 1 aliphatic rings.